The van der Waals surface area contributed by atoms with Crippen LogP contribution < -0.4 is 0 Å². The van der Waals surface area contributed by atoms with Gasteiger partial charge in [0.25, 0.3) is 0 Å². The lowest BCUT2D eigenvalue weighted by atomic mass is 10.1. The zero-order chi connectivity index (χ0) is 13.9. The van der Waals surface area contributed by atoms with E-state index in [1.807, 2.05) is 4.68 Å². The van der Waals surface area contributed by atoms with Gasteiger partial charge in [-0.3, -0.25) is 0 Å². The summed E-state index contributed by atoms with van der Waals surface area (Å²) in [5.41, 5.74) is 1.04. The van der Waals surface area contributed by atoms with Crippen LogP contribution in [-0.4, -0.2) is 39.3 Å². The van der Waals surface area contributed by atoms with Gasteiger partial charge in [-0.1, -0.05) is 12.1 Å². The molecule has 1 aromatic carbocycles. The van der Waals surface area contributed by atoms with Gasteiger partial charge in [-0.25, -0.2) is 14.1 Å². The van der Waals surface area contributed by atoms with E-state index in [1.54, 1.807) is 18.5 Å². The van der Waals surface area contributed by atoms with Gasteiger partial charge in [-0.05, 0) is 44.1 Å². The molecule has 0 amide bonds. The van der Waals surface area contributed by atoms with Crippen molar-refractivity contribution < 1.29 is 4.39 Å². The van der Waals surface area contributed by atoms with E-state index in [0.29, 0.717) is 12.6 Å². The Morgan fingerprint density at radius 3 is 2.80 bits per heavy atom. The predicted molar refractivity (Wildman–Crippen MR) is 74.9 cm³/mol. The van der Waals surface area contributed by atoms with E-state index in [2.05, 4.69) is 22.0 Å². The second-order valence-corrected chi connectivity index (χ2v) is 5.44. The summed E-state index contributed by atoms with van der Waals surface area (Å²) in [6.07, 6.45) is 5.01. The summed E-state index contributed by atoms with van der Waals surface area (Å²) in [7, 11) is 2.17. The van der Waals surface area contributed by atoms with Crippen LogP contribution in [-0.2, 0) is 13.0 Å². The van der Waals surface area contributed by atoms with Crippen molar-refractivity contribution in [2.24, 2.45) is 0 Å². The van der Waals surface area contributed by atoms with Gasteiger partial charge in [0.15, 0.2) is 0 Å². The highest BCUT2D eigenvalue weighted by atomic mass is 19.1. The molecule has 2 aromatic rings. The lowest BCUT2D eigenvalue weighted by Gasteiger charge is -2.19. The molecule has 0 unspecified atom stereocenters. The Kier molecular flexibility index (Phi) is 3.78. The van der Waals surface area contributed by atoms with Gasteiger partial charge in [0.2, 0.25) is 0 Å². The SMILES string of the molecule is CN1CCC[C@H]1Cc1ncnn1Cc1ccc(F)cc1. The van der Waals surface area contributed by atoms with Crippen LogP contribution in [0.15, 0.2) is 30.6 Å². The van der Waals surface area contributed by atoms with Gasteiger partial charge in [0, 0.05) is 12.5 Å². The third-order valence-corrected chi connectivity index (χ3v) is 4.03. The van der Waals surface area contributed by atoms with Gasteiger partial charge < -0.3 is 4.90 Å². The Morgan fingerprint density at radius 1 is 1.30 bits per heavy atom. The Labute approximate surface area is 118 Å². The van der Waals surface area contributed by atoms with Gasteiger partial charge in [-0.15, -0.1) is 0 Å². The van der Waals surface area contributed by atoms with Gasteiger partial charge in [0.05, 0.1) is 6.54 Å². The Morgan fingerprint density at radius 2 is 2.10 bits per heavy atom. The number of benzene rings is 1. The molecule has 1 aliphatic rings. The standard InChI is InChI=1S/C15H19FN4/c1-19-8-2-3-14(19)9-15-17-11-18-20(15)10-12-4-6-13(16)7-5-12/h4-7,11,14H,2-3,8-10H2,1H3/t14-/m0/s1. The van der Waals surface area contributed by atoms with Crippen molar-refractivity contribution in [1.29, 1.82) is 0 Å². The number of hydrogen-bond acceptors (Lipinski definition) is 3. The lowest BCUT2D eigenvalue weighted by molar-refractivity contribution is 0.303. The first-order valence-electron chi connectivity index (χ1n) is 7.04. The number of halogens is 1. The molecule has 1 aromatic heterocycles. The van der Waals surface area contributed by atoms with Gasteiger partial charge >= 0.3 is 0 Å². The van der Waals surface area contributed by atoms with Crippen LogP contribution in [0, 0.1) is 5.82 Å². The van der Waals surface area contributed by atoms with Crippen molar-refractivity contribution in [3.63, 3.8) is 0 Å². The van der Waals surface area contributed by atoms with E-state index >= 15 is 0 Å². The summed E-state index contributed by atoms with van der Waals surface area (Å²) in [6, 6.07) is 7.12. The molecule has 106 valence electrons. The molecule has 0 saturated carbocycles. The smallest absolute Gasteiger partial charge is 0.138 e. The van der Waals surface area contributed by atoms with Crippen LogP contribution in [0.25, 0.3) is 0 Å². The van der Waals surface area contributed by atoms with Crippen LogP contribution in [0.1, 0.15) is 24.2 Å². The molecular weight excluding hydrogens is 255 g/mol. The average molecular weight is 274 g/mol. The molecule has 1 saturated heterocycles. The monoisotopic (exact) mass is 274 g/mol. The molecule has 4 nitrogen and oxygen atoms in total. The Balaban J connectivity index is 1.71. The van der Waals surface area contributed by atoms with E-state index in [4.69, 9.17) is 0 Å². The second-order valence-electron chi connectivity index (χ2n) is 5.44. The summed E-state index contributed by atoms with van der Waals surface area (Å²) in [5.74, 6) is 0.799. The fourth-order valence-electron chi connectivity index (χ4n) is 2.79. The lowest BCUT2D eigenvalue weighted by Crippen LogP contribution is -2.28. The highest BCUT2D eigenvalue weighted by molar-refractivity contribution is 5.16. The van der Waals surface area contributed by atoms with Crippen molar-refractivity contribution in [3.05, 3.63) is 47.8 Å². The zero-order valence-electron chi connectivity index (χ0n) is 11.7. The quantitative estimate of drug-likeness (QED) is 0.856. The summed E-state index contributed by atoms with van der Waals surface area (Å²) >= 11 is 0. The molecule has 1 fully saturated rings. The van der Waals surface area contributed by atoms with Crippen LogP contribution in [0.4, 0.5) is 4.39 Å². The van der Waals surface area contributed by atoms with Crippen LogP contribution in [0.2, 0.25) is 0 Å². The first kappa shape index (κ1) is 13.2. The second kappa shape index (κ2) is 5.71. The minimum atomic E-state index is -0.208. The number of nitrogens with zero attached hydrogens (tertiary/aromatic N) is 4. The first-order valence-corrected chi connectivity index (χ1v) is 7.04. The number of likely N-dealkylation sites (tertiary alicyclic amines) is 1. The van der Waals surface area contributed by atoms with Gasteiger partial charge in [0.1, 0.15) is 18.0 Å². The molecule has 0 aliphatic carbocycles. The number of likely N-dealkylation sites (N-methyl/N-ethyl adjacent to an activating group) is 1. The third-order valence-electron chi connectivity index (χ3n) is 4.03. The minimum absolute atomic E-state index is 0.208. The predicted octanol–water partition coefficient (Wildman–Crippen LogP) is 2.10. The molecule has 2 heterocycles. The average Bonchev–Trinajstić information content (AvgIpc) is 3.04. The molecule has 1 aliphatic heterocycles. The summed E-state index contributed by atoms with van der Waals surface area (Å²) < 4.78 is 14.8. The van der Waals surface area contributed by atoms with E-state index in [-0.39, 0.29) is 5.82 Å². The normalized spacial score (nSPS) is 19.6. The van der Waals surface area contributed by atoms with Crippen LogP contribution in [0.3, 0.4) is 0 Å². The fourth-order valence-corrected chi connectivity index (χ4v) is 2.79. The van der Waals surface area contributed by atoms with E-state index < -0.39 is 0 Å². The number of rotatable bonds is 4. The molecule has 20 heavy (non-hydrogen) atoms. The molecule has 0 bridgehead atoms. The molecule has 3 rings (SSSR count). The maximum Gasteiger partial charge on any atom is 0.138 e. The maximum atomic E-state index is 12.9. The Bertz CT molecular complexity index is 564. The highest BCUT2D eigenvalue weighted by Gasteiger charge is 2.23. The van der Waals surface area contributed by atoms with Crippen molar-refractivity contribution in [3.8, 4) is 0 Å². The van der Waals surface area contributed by atoms with Crippen LogP contribution >= 0.6 is 0 Å². The van der Waals surface area contributed by atoms with E-state index in [0.717, 1.165) is 24.4 Å². The largest absolute Gasteiger partial charge is 0.303 e. The van der Waals surface area contributed by atoms with Crippen LogP contribution in [0.5, 0.6) is 0 Å². The molecule has 0 radical (unpaired) electrons. The number of hydrogen-bond donors (Lipinski definition) is 0. The third kappa shape index (κ3) is 2.88. The molecular formula is C15H19FN4. The van der Waals surface area contributed by atoms with Crippen molar-refractivity contribution in [2.75, 3.05) is 13.6 Å². The minimum Gasteiger partial charge on any atom is -0.303 e. The number of aromatic nitrogens is 3. The molecule has 0 spiro atoms. The van der Waals surface area contributed by atoms with Gasteiger partial charge in [-0.2, -0.15) is 5.10 Å². The summed E-state index contributed by atoms with van der Waals surface area (Å²) in [4.78, 5) is 6.76. The van der Waals surface area contributed by atoms with E-state index in [9.17, 15) is 4.39 Å². The summed E-state index contributed by atoms with van der Waals surface area (Å²) in [5, 5.41) is 4.29. The fraction of sp³-hybridized carbons (Fsp3) is 0.467. The molecule has 5 heteroatoms. The van der Waals surface area contributed by atoms with E-state index in [1.165, 1.54) is 25.0 Å². The molecule has 1 atom stereocenters. The first-order chi connectivity index (χ1) is 9.72. The molecule has 0 N–H and O–H groups in total. The topological polar surface area (TPSA) is 34.0 Å². The van der Waals surface area contributed by atoms with Crippen molar-refractivity contribution in [1.82, 2.24) is 19.7 Å². The van der Waals surface area contributed by atoms with Crippen molar-refractivity contribution >= 4 is 0 Å². The highest BCUT2D eigenvalue weighted by Crippen LogP contribution is 2.18. The Hall–Kier alpha value is -1.75. The summed E-state index contributed by atoms with van der Waals surface area (Å²) in [6.45, 7) is 1.81. The van der Waals surface area contributed by atoms with Crippen molar-refractivity contribution in [2.45, 2.75) is 31.8 Å². The maximum absolute atomic E-state index is 12.9. The zero-order valence-corrected chi connectivity index (χ0v) is 11.7.